The number of hydrogen-bond donors (Lipinski definition) is 2. The second kappa shape index (κ2) is 6.55. The van der Waals surface area contributed by atoms with Crippen LogP contribution in [0.15, 0.2) is 0 Å². The SMILES string of the molecule is CC1CC(NC2CCCC2C2CCCCN2)CCO1. The van der Waals surface area contributed by atoms with Crippen LogP contribution in [0, 0.1) is 5.92 Å². The summed E-state index contributed by atoms with van der Waals surface area (Å²) in [4.78, 5) is 0. The summed E-state index contributed by atoms with van der Waals surface area (Å²) in [6.45, 7) is 4.39. The van der Waals surface area contributed by atoms with E-state index in [-0.39, 0.29) is 0 Å². The van der Waals surface area contributed by atoms with Crippen LogP contribution in [-0.4, -0.2) is 37.4 Å². The average Bonchev–Trinajstić information content (AvgIpc) is 2.88. The molecule has 0 aromatic carbocycles. The Hall–Kier alpha value is -0.120. The second-order valence-corrected chi connectivity index (χ2v) is 6.83. The first kappa shape index (κ1) is 13.8. The lowest BCUT2D eigenvalue weighted by molar-refractivity contribution is 0.00973. The van der Waals surface area contributed by atoms with Crippen molar-refractivity contribution in [3.05, 3.63) is 0 Å². The molecule has 2 aliphatic heterocycles. The molecule has 0 radical (unpaired) electrons. The molecule has 3 fully saturated rings. The highest BCUT2D eigenvalue weighted by atomic mass is 16.5. The maximum absolute atomic E-state index is 5.66. The van der Waals surface area contributed by atoms with Gasteiger partial charge in [0, 0.05) is 24.7 Å². The highest BCUT2D eigenvalue weighted by Gasteiger charge is 2.35. The fraction of sp³-hybridized carbons (Fsp3) is 1.00. The van der Waals surface area contributed by atoms with Crippen LogP contribution >= 0.6 is 0 Å². The minimum absolute atomic E-state index is 0.443. The Morgan fingerprint density at radius 3 is 2.79 bits per heavy atom. The minimum Gasteiger partial charge on any atom is -0.378 e. The van der Waals surface area contributed by atoms with E-state index in [4.69, 9.17) is 4.74 Å². The Bertz CT molecular complexity index is 278. The lowest BCUT2D eigenvalue weighted by Crippen LogP contribution is -2.50. The first-order chi connectivity index (χ1) is 9.33. The van der Waals surface area contributed by atoms with Crippen molar-refractivity contribution < 1.29 is 4.74 Å². The van der Waals surface area contributed by atoms with Crippen LogP contribution in [0.4, 0.5) is 0 Å². The van der Waals surface area contributed by atoms with Crippen LogP contribution in [0.3, 0.4) is 0 Å². The Balaban J connectivity index is 1.53. The van der Waals surface area contributed by atoms with E-state index in [0.717, 1.165) is 24.6 Å². The van der Waals surface area contributed by atoms with Gasteiger partial charge in [0.05, 0.1) is 6.10 Å². The highest BCUT2D eigenvalue weighted by Crippen LogP contribution is 2.32. The molecule has 2 saturated heterocycles. The number of ether oxygens (including phenoxy) is 1. The maximum Gasteiger partial charge on any atom is 0.0561 e. The molecule has 0 aromatic rings. The molecule has 3 nitrogen and oxygen atoms in total. The quantitative estimate of drug-likeness (QED) is 0.823. The lowest BCUT2D eigenvalue weighted by Gasteiger charge is -2.36. The molecule has 19 heavy (non-hydrogen) atoms. The average molecular weight is 266 g/mol. The molecule has 5 atom stereocenters. The fourth-order valence-corrected chi connectivity index (χ4v) is 4.37. The summed E-state index contributed by atoms with van der Waals surface area (Å²) in [5.41, 5.74) is 0. The molecule has 1 saturated carbocycles. The molecule has 2 heterocycles. The van der Waals surface area contributed by atoms with Crippen LogP contribution in [0.5, 0.6) is 0 Å². The van der Waals surface area contributed by atoms with Crippen molar-refractivity contribution in [1.29, 1.82) is 0 Å². The zero-order chi connectivity index (χ0) is 13.1. The Labute approximate surface area is 117 Å². The molecular formula is C16H30N2O. The third-order valence-corrected chi connectivity index (χ3v) is 5.37. The predicted molar refractivity (Wildman–Crippen MR) is 78.3 cm³/mol. The van der Waals surface area contributed by atoms with Crippen molar-refractivity contribution in [2.45, 2.75) is 82.5 Å². The van der Waals surface area contributed by atoms with Crippen molar-refractivity contribution in [3.63, 3.8) is 0 Å². The van der Waals surface area contributed by atoms with Gasteiger partial charge in [0.2, 0.25) is 0 Å². The molecule has 1 aliphatic carbocycles. The van der Waals surface area contributed by atoms with Gasteiger partial charge in [-0.15, -0.1) is 0 Å². The topological polar surface area (TPSA) is 33.3 Å². The van der Waals surface area contributed by atoms with E-state index in [1.54, 1.807) is 0 Å². The van der Waals surface area contributed by atoms with Gasteiger partial charge in [0.25, 0.3) is 0 Å². The summed E-state index contributed by atoms with van der Waals surface area (Å²) >= 11 is 0. The van der Waals surface area contributed by atoms with E-state index in [9.17, 15) is 0 Å². The van der Waals surface area contributed by atoms with Crippen molar-refractivity contribution in [2.24, 2.45) is 5.92 Å². The Morgan fingerprint density at radius 2 is 2.00 bits per heavy atom. The number of piperidine rings is 1. The van der Waals surface area contributed by atoms with Gasteiger partial charge in [-0.25, -0.2) is 0 Å². The fourth-order valence-electron chi connectivity index (χ4n) is 4.37. The molecule has 110 valence electrons. The summed E-state index contributed by atoms with van der Waals surface area (Å²) in [5.74, 6) is 0.874. The second-order valence-electron chi connectivity index (χ2n) is 6.83. The van der Waals surface area contributed by atoms with Crippen molar-refractivity contribution in [2.75, 3.05) is 13.2 Å². The summed E-state index contributed by atoms with van der Waals surface area (Å²) in [6.07, 6.45) is 11.3. The minimum atomic E-state index is 0.443. The molecule has 3 aliphatic rings. The van der Waals surface area contributed by atoms with E-state index < -0.39 is 0 Å². The van der Waals surface area contributed by atoms with Gasteiger partial charge in [-0.05, 0) is 57.9 Å². The summed E-state index contributed by atoms with van der Waals surface area (Å²) < 4.78 is 5.66. The maximum atomic E-state index is 5.66. The zero-order valence-corrected chi connectivity index (χ0v) is 12.4. The third kappa shape index (κ3) is 3.50. The largest absolute Gasteiger partial charge is 0.378 e. The van der Waals surface area contributed by atoms with Crippen molar-refractivity contribution in [3.8, 4) is 0 Å². The van der Waals surface area contributed by atoms with E-state index in [1.165, 1.54) is 57.9 Å². The third-order valence-electron chi connectivity index (χ3n) is 5.37. The monoisotopic (exact) mass is 266 g/mol. The molecular weight excluding hydrogens is 236 g/mol. The molecule has 0 bridgehead atoms. The standard InChI is InChI=1S/C16H30N2O/c1-12-11-13(8-10-19-12)18-16-7-4-5-14(16)15-6-2-3-9-17-15/h12-18H,2-11H2,1H3. The normalized spacial score (nSPS) is 44.4. The summed E-state index contributed by atoms with van der Waals surface area (Å²) in [5, 5.41) is 7.75. The molecule has 3 rings (SSSR count). The first-order valence-corrected chi connectivity index (χ1v) is 8.44. The van der Waals surface area contributed by atoms with Crippen LogP contribution in [0.1, 0.15) is 58.3 Å². The molecule has 5 unspecified atom stereocenters. The van der Waals surface area contributed by atoms with E-state index in [1.807, 2.05) is 0 Å². The van der Waals surface area contributed by atoms with Crippen LogP contribution < -0.4 is 10.6 Å². The smallest absolute Gasteiger partial charge is 0.0561 e. The van der Waals surface area contributed by atoms with Crippen LogP contribution in [0.2, 0.25) is 0 Å². The summed E-state index contributed by atoms with van der Waals surface area (Å²) in [7, 11) is 0. The highest BCUT2D eigenvalue weighted by molar-refractivity contribution is 4.94. The number of rotatable bonds is 3. The van der Waals surface area contributed by atoms with Crippen LogP contribution in [-0.2, 0) is 4.74 Å². The predicted octanol–water partition coefficient (Wildman–Crippen LogP) is 2.45. The molecule has 0 spiro atoms. The van der Waals surface area contributed by atoms with Crippen molar-refractivity contribution in [1.82, 2.24) is 10.6 Å². The van der Waals surface area contributed by atoms with Gasteiger partial charge in [0.1, 0.15) is 0 Å². The van der Waals surface area contributed by atoms with Gasteiger partial charge in [0.15, 0.2) is 0 Å². The number of nitrogens with one attached hydrogen (secondary N) is 2. The van der Waals surface area contributed by atoms with Crippen LogP contribution in [0.25, 0.3) is 0 Å². The van der Waals surface area contributed by atoms with E-state index in [0.29, 0.717) is 12.1 Å². The molecule has 0 amide bonds. The van der Waals surface area contributed by atoms with Gasteiger partial charge < -0.3 is 15.4 Å². The lowest BCUT2D eigenvalue weighted by atomic mass is 9.87. The van der Waals surface area contributed by atoms with Gasteiger partial charge in [-0.3, -0.25) is 0 Å². The van der Waals surface area contributed by atoms with Gasteiger partial charge in [-0.1, -0.05) is 12.8 Å². The van der Waals surface area contributed by atoms with E-state index in [2.05, 4.69) is 17.6 Å². The van der Waals surface area contributed by atoms with E-state index >= 15 is 0 Å². The van der Waals surface area contributed by atoms with Gasteiger partial charge in [-0.2, -0.15) is 0 Å². The summed E-state index contributed by atoms with van der Waals surface area (Å²) in [6, 6.07) is 2.23. The number of hydrogen-bond acceptors (Lipinski definition) is 3. The Morgan fingerprint density at radius 1 is 1.05 bits per heavy atom. The zero-order valence-electron chi connectivity index (χ0n) is 12.4. The van der Waals surface area contributed by atoms with Crippen molar-refractivity contribution >= 4 is 0 Å². The molecule has 2 N–H and O–H groups in total. The van der Waals surface area contributed by atoms with Gasteiger partial charge >= 0.3 is 0 Å². The first-order valence-electron chi connectivity index (χ1n) is 8.44. The molecule has 0 aromatic heterocycles. The molecule has 3 heteroatoms. The Kier molecular flexibility index (Phi) is 4.78.